The van der Waals surface area contributed by atoms with E-state index in [4.69, 9.17) is 9.47 Å². The Balaban J connectivity index is 1.85. The van der Waals surface area contributed by atoms with E-state index in [1.54, 1.807) is 27.1 Å². The number of Topliss-reactive ketones (excluding diaryl/α,β-unsaturated/α-hetero) is 1. The summed E-state index contributed by atoms with van der Waals surface area (Å²) in [6.07, 6.45) is 1.90. The number of hydrogen-bond acceptors (Lipinski definition) is 4. The number of likely N-dealkylation sites (N-methyl/N-ethyl adjacent to an activating group) is 1. The predicted molar refractivity (Wildman–Crippen MR) is 109 cm³/mol. The molecule has 0 saturated heterocycles. The Labute approximate surface area is 165 Å². The number of nitrogens with zero attached hydrogens (tertiary/aromatic N) is 1. The summed E-state index contributed by atoms with van der Waals surface area (Å²) in [5.41, 5.74) is 3.45. The molecule has 5 nitrogen and oxygen atoms in total. The van der Waals surface area contributed by atoms with Gasteiger partial charge in [0.15, 0.2) is 23.4 Å². The third-order valence-electron chi connectivity index (χ3n) is 4.64. The minimum absolute atomic E-state index is 0.0686. The van der Waals surface area contributed by atoms with Gasteiger partial charge in [0.1, 0.15) is 0 Å². The van der Waals surface area contributed by atoms with Crippen molar-refractivity contribution >= 4 is 17.8 Å². The van der Waals surface area contributed by atoms with Gasteiger partial charge < -0.3 is 14.4 Å². The fraction of sp³-hybridized carbons (Fsp3) is 0.304. The van der Waals surface area contributed by atoms with Crippen molar-refractivity contribution in [1.29, 1.82) is 0 Å². The van der Waals surface area contributed by atoms with Gasteiger partial charge in [0.2, 0.25) is 0 Å². The minimum Gasteiger partial charge on any atom is -0.490 e. The second-order valence-electron chi connectivity index (χ2n) is 6.96. The molecule has 0 spiro atoms. The average molecular weight is 379 g/mol. The number of hydrogen-bond donors (Lipinski definition) is 0. The highest BCUT2D eigenvalue weighted by molar-refractivity contribution is 6.15. The van der Waals surface area contributed by atoms with Crippen molar-refractivity contribution in [1.82, 2.24) is 4.90 Å². The largest absolute Gasteiger partial charge is 0.490 e. The Kier molecular flexibility index (Phi) is 5.83. The Morgan fingerprint density at radius 1 is 1.18 bits per heavy atom. The molecule has 0 bridgehead atoms. The minimum atomic E-state index is -0.621. The van der Waals surface area contributed by atoms with Crippen LogP contribution in [0.1, 0.15) is 35.3 Å². The lowest BCUT2D eigenvalue weighted by Gasteiger charge is -2.20. The van der Waals surface area contributed by atoms with Crippen molar-refractivity contribution in [2.75, 3.05) is 20.7 Å². The molecule has 3 rings (SSSR count). The molecule has 1 atom stereocenters. The van der Waals surface area contributed by atoms with Crippen molar-refractivity contribution in [3.05, 3.63) is 64.7 Å². The summed E-state index contributed by atoms with van der Waals surface area (Å²) < 4.78 is 11.5. The van der Waals surface area contributed by atoms with Gasteiger partial charge in [0.05, 0.1) is 6.61 Å². The van der Waals surface area contributed by atoms with Gasteiger partial charge in [-0.1, -0.05) is 30.3 Å². The first kappa shape index (κ1) is 19.7. The summed E-state index contributed by atoms with van der Waals surface area (Å²) in [6, 6.07) is 13.2. The van der Waals surface area contributed by atoms with Gasteiger partial charge in [-0.05, 0) is 43.2 Å². The normalized spacial score (nSPS) is 15.3. The van der Waals surface area contributed by atoms with E-state index in [-0.39, 0.29) is 11.7 Å². The molecule has 0 aliphatic heterocycles. The van der Waals surface area contributed by atoms with Crippen LogP contribution in [0.25, 0.3) is 6.08 Å². The molecule has 0 fully saturated rings. The van der Waals surface area contributed by atoms with Crippen LogP contribution in [0.3, 0.4) is 0 Å². The van der Waals surface area contributed by atoms with Crippen LogP contribution >= 0.6 is 0 Å². The molecule has 2 aromatic carbocycles. The van der Waals surface area contributed by atoms with Gasteiger partial charge in [-0.25, -0.2) is 0 Å². The number of rotatable bonds is 6. The fourth-order valence-electron chi connectivity index (χ4n) is 3.26. The van der Waals surface area contributed by atoms with Crippen molar-refractivity contribution in [3.8, 4) is 11.5 Å². The quantitative estimate of drug-likeness (QED) is 0.717. The van der Waals surface area contributed by atoms with Crippen LogP contribution in [0.5, 0.6) is 11.5 Å². The first-order chi connectivity index (χ1) is 13.4. The molecule has 1 amide bonds. The summed E-state index contributed by atoms with van der Waals surface area (Å²) in [6.45, 7) is 4.07. The summed E-state index contributed by atoms with van der Waals surface area (Å²) in [7, 11) is 3.38. The molecular formula is C23H25NO4. The van der Waals surface area contributed by atoms with Crippen molar-refractivity contribution < 1.29 is 19.1 Å². The number of ketones is 1. The van der Waals surface area contributed by atoms with Gasteiger partial charge in [0.25, 0.3) is 5.91 Å². The van der Waals surface area contributed by atoms with Gasteiger partial charge in [0, 0.05) is 31.7 Å². The molecule has 146 valence electrons. The van der Waals surface area contributed by atoms with E-state index in [0.717, 1.165) is 22.3 Å². The fourth-order valence-corrected chi connectivity index (χ4v) is 3.26. The van der Waals surface area contributed by atoms with E-state index >= 15 is 0 Å². The molecule has 0 saturated carbocycles. The predicted octanol–water partition coefficient (Wildman–Crippen LogP) is 3.76. The molecule has 2 aromatic rings. The molecule has 0 radical (unpaired) electrons. The molecule has 28 heavy (non-hydrogen) atoms. The summed E-state index contributed by atoms with van der Waals surface area (Å²) in [4.78, 5) is 26.2. The molecule has 5 heteroatoms. The molecular weight excluding hydrogens is 354 g/mol. The summed E-state index contributed by atoms with van der Waals surface area (Å²) >= 11 is 0. The number of carbonyl (C=O) groups is 2. The Hall–Kier alpha value is -3.08. The number of carbonyl (C=O) groups excluding carboxylic acids is 2. The average Bonchev–Trinajstić information content (AvgIpc) is 2.99. The highest BCUT2D eigenvalue weighted by Gasteiger charge is 2.24. The zero-order chi connectivity index (χ0) is 20.3. The molecule has 0 heterocycles. The monoisotopic (exact) mass is 379 g/mol. The van der Waals surface area contributed by atoms with Gasteiger partial charge in [-0.15, -0.1) is 0 Å². The van der Waals surface area contributed by atoms with Crippen LogP contribution < -0.4 is 9.47 Å². The van der Waals surface area contributed by atoms with Crippen molar-refractivity contribution in [2.24, 2.45) is 0 Å². The van der Waals surface area contributed by atoms with Crippen LogP contribution in [0.4, 0.5) is 0 Å². The van der Waals surface area contributed by atoms with Crippen molar-refractivity contribution in [3.63, 3.8) is 0 Å². The Bertz CT molecular complexity index is 930. The van der Waals surface area contributed by atoms with Gasteiger partial charge in [-0.2, -0.15) is 0 Å². The highest BCUT2D eigenvalue weighted by atomic mass is 16.5. The lowest BCUT2D eigenvalue weighted by molar-refractivity contribution is -0.135. The maximum Gasteiger partial charge on any atom is 0.262 e. The standard InChI is InChI=1S/C23H25NO4/c1-5-27-21-13-16(10-11-20(21)28-15(2)23(26)24(3)4)12-18-14-17-8-6-7-9-19(17)22(18)25/h6-13,15H,5,14H2,1-4H3/b18-12+/t15-/m0/s1. The van der Waals surface area contributed by atoms with E-state index in [1.807, 2.05) is 49.4 Å². The van der Waals surface area contributed by atoms with Crippen molar-refractivity contribution in [2.45, 2.75) is 26.4 Å². The number of fused-ring (bicyclic) bond motifs is 1. The lowest BCUT2D eigenvalue weighted by Crippen LogP contribution is -2.35. The number of allylic oxidation sites excluding steroid dienone is 1. The van der Waals surface area contributed by atoms with Crippen LogP contribution in [-0.4, -0.2) is 43.4 Å². The van der Waals surface area contributed by atoms with E-state index in [9.17, 15) is 9.59 Å². The third-order valence-corrected chi connectivity index (χ3v) is 4.64. The Morgan fingerprint density at radius 3 is 2.61 bits per heavy atom. The first-order valence-corrected chi connectivity index (χ1v) is 9.38. The number of ether oxygens (including phenoxy) is 2. The lowest BCUT2D eigenvalue weighted by atomic mass is 10.1. The van der Waals surface area contributed by atoms with E-state index < -0.39 is 6.10 Å². The number of amides is 1. The summed E-state index contributed by atoms with van der Waals surface area (Å²) in [5, 5.41) is 0. The zero-order valence-corrected chi connectivity index (χ0v) is 16.7. The number of benzene rings is 2. The summed E-state index contributed by atoms with van der Waals surface area (Å²) in [5.74, 6) is 1.01. The maximum atomic E-state index is 12.6. The topological polar surface area (TPSA) is 55.8 Å². The first-order valence-electron chi connectivity index (χ1n) is 9.38. The van der Waals surface area contributed by atoms with Gasteiger partial charge >= 0.3 is 0 Å². The SMILES string of the molecule is CCOc1cc(/C=C2\Cc3ccccc3C2=O)ccc1O[C@@H](C)C(=O)N(C)C. The van der Waals surface area contributed by atoms with E-state index in [1.165, 1.54) is 4.90 Å². The van der Waals surface area contributed by atoms with E-state index in [2.05, 4.69) is 0 Å². The van der Waals surface area contributed by atoms with Crippen LogP contribution in [0.15, 0.2) is 48.0 Å². The maximum absolute atomic E-state index is 12.6. The highest BCUT2D eigenvalue weighted by Crippen LogP contribution is 2.32. The molecule has 0 unspecified atom stereocenters. The van der Waals surface area contributed by atoms with Gasteiger partial charge in [-0.3, -0.25) is 9.59 Å². The van der Waals surface area contributed by atoms with Crippen LogP contribution in [0.2, 0.25) is 0 Å². The van der Waals surface area contributed by atoms with Crippen LogP contribution in [0, 0.1) is 0 Å². The molecule has 1 aliphatic carbocycles. The smallest absolute Gasteiger partial charge is 0.262 e. The molecule has 1 aliphatic rings. The second-order valence-corrected chi connectivity index (χ2v) is 6.96. The molecule has 0 N–H and O–H groups in total. The third kappa shape index (κ3) is 4.09. The van der Waals surface area contributed by atoms with E-state index in [0.29, 0.717) is 24.5 Å². The Morgan fingerprint density at radius 2 is 1.93 bits per heavy atom. The zero-order valence-electron chi connectivity index (χ0n) is 16.7. The second kappa shape index (κ2) is 8.30. The molecule has 0 aromatic heterocycles. The van der Waals surface area contributed by atoms with Crippen LogP contribution in [-0.2, 0) is 11.2 Å².